The van der Waals surface area contributed by atoms with Gasteiger partial charge in [0.05, 0.1) is 12.6 Å². The van der Waals surface area contributed by atoms with Crippen molar-refractivity contribution in [2.24, 2.45) is 5.92 Å². The van der Waals surface area contributed by atoms with Crippen molar-refractivity contribution in [3.05, 3.63) is 34.5 Å². The minimum atomic E-state index is -0.138. The molecular weight excluding hydrogens is 310 g/mol. The van der Waals surface area contributed by atoms with Crippen molar-refractivity contribution < 1.29 is 4.79 Å². The minimum absolute atomic E-state index is 0.113. The van der Waals surface area contributed by atoms with E-state index < -0.39 is 0 Å². The number of rotatable bonds is 6. The van der Waals surface area contributed by atoms with Crippen LogP contribution in [0.4, 0.5) is 4.79 Å². The van der Waals surface area contributed by atoms with Gasteiger partial charge in [-0.25, -0.2) is 4.79 Å². The lowest BCUT2D eigenvalue weighted by molar-refractivity contribution is 0.230. The molecule has 0 unspecified atom stereocenters. The van der Waals surface area contributed by atoms with Gasteiger partial charge in [0.2, 0.25) is 0 Å². The molecule has 1 aliphatic carbocycles. The summed E-state index contributed by atoms with van der Waals surface area (Å²) in [7, 11) is 0. The highest BCUT2D eigenvalue weighted by atomic mass is 32.1. The number of amides is 2. The van der Waals surface area contributed by atoms with Gasteiger partial charge in [-0.1, -0.05) is 18.9 Å². The topological polar surface area (TPSA) is 71.8 Å². The molecule has 0 aliphatic heterocycles. The van der Waals surface area contributed by atoms with Crippen LogP contribution in [0, 0.1) is 5.92 Å². The maximum absolute atomic E-state index is 12.3. The number of aromatic nitrogens is 3. The normalized spacial score (nSPS) is 16.4. The number of nitrogens with one attached hydrogen (secondary N) is 2. The van der Waals surface area contributed by atoms with E-state index in [0.717, 1.165) is 12.4 Å². The first-order chi connectivity index (χ1) is 11.3. The number of aryl methyl sites for hydroxylation is 1. The molecule has 124 valence electrons. The van der Waals surface area contributed by atoms with E-state index in [2.05, 4.69) is 32.3 Å². The second kappa shape index (κ2) is 7.59. The summed E-state index contributed by atoms with van der Waals surface area (Å²) in [6.07, 6.45) is 6.58. The molecule has 2 amide bonds. The van der Waals surface area contributed by atoms with Gasteiger partial charge in [0, 0.05) is 11.4 Å². The molecule has 0 radical (unpaired) electrons. The Labute approximate surface area is 140 Å². The summed E-state index contributed by atoms with van der Waals surface area (Å²) in [6.45, 7) is 3.22. The molecule has 6 nitrogen and oxygen atoms in total. The summed E-state index contributed by atoms with van der Waals surface area (Å²) in [5.41, 5.74) is 0. The van der Waals surface area contributed by atoms with Crippen molar-refractivity contribution in [2.75, 3.05) is 0 Å². The van der Waals surface area contributed by atoms with E-state index in [1.807, 2.05) is 17.6 Å². The molecule has 2 N–H and O–H groups in total. The van der Waals surface area contributed by atoms with E-state index in [0.29, 0.717) is 12.5 Å². The number of nitrogens with zero attached hydrogens (tertiary/aromatic N) is 3. The molecule has 0 saturated heterocycles. The molecule has 0 aromatic carbocycles. The number of carbonyl (C=O) groups is 1. The Bertz CT molecular complexity index is 618. The first kappa shape index (κ1) is 16.0. The average molecular weight is 333 g/mol. The van der Waals surface area contributed by atoms with E-state index in [1.165, 1.54) is 30.6 Å². The Morgan fingerprint density at radius 2 is 2.30 bits per heavy atom. The molecule has 1 fully saturated rings. The third-order valence-corrected chi connectivity index (χ3v) is 5.41. The third-order valence-electron chi connectivity index (χ3n) is 4.45. The van der Waals surface area contributed by atoms with Crippen LogP contribution in [0.25, 0.3) is 0 Å². The Morgan fingerprint density at radius 3 is 3.00 bits per heavy atom. The van der Waals surface area contributed by atoms with Crippen LogP contribution in [-0.2, 0) is 13.1 Å². The summed E-state index contributed by atoms with van der Waals surface area (Å²) in [5.74, 6) is 1.31. The highest BCUT2D eigenvalue weighted by Gasteiger charge is 2.28. The highest BCUT2D eigenvalue weighted by molar-refractivity contribution is 7.10. The predicted molar refractivity (Wildman–Crippen MR) is 90.1 cm³/mol. The van der Waals surface area contributed by atoms with Crippen LogP contribution in [0.2, 0.25) is 0 Å². The molecule has 1 aliphatic rings. The molecule has 1 saturated carbocycles. The largest absolute Gasteiger partial charge is 0.331 e. The van der Waals surface area contributed by atoms with Gasteiger partial charge < -0.3 is 15.2 Å². The molecule has 2 aromatic heterocycles. The molecule has 0 bridgehead atoms. The monoisotopic (exact) mass is 333 g/mol. The lowest BCUT2D eigenvalue weighted by Crippen LogP contribution is -2.40. The summed E-state index contributed by atoms with van der Waals surface area (Å²) in [6, 6.07) is 4.13. The quantitative estimate of drug-likeness (QED) is 0.853. The molecule has 3 rings (SSSR count). The van der Waals surface area contributed by atoms with Gasteiger partial charge in [0.25, 0.3) is 0 Å². The van der Waals surface area contributed by atoms with Crippen molar-refractivity contribution in [2.45, 2.75) is 51.7 Å². The van der Waals surface area contributed by atoms with Crippen molar-refractivity contribution >= 4 is 17.4 Å². The number of urea groups is 1. The molecular formula is C16H23N5OS. The van der Waals surface area contributed by atoms with Crippen LogP contribution >= 0.6 is 11.3 Å². The standard InChI is InChI=1S/C16H23N5OS/c1-2-21-11-18-20-14(21)10-17-16(22)19-15(12-6-3-4-7-12)13-8-5-9-23-13/h5,8-9,11-12,15H,2-4,6-7,10H2,1H3,(H2,17,19,22)/t15-/m1/s1. The van der Waals surface area contributed by atoms with Crippen LogP contribution in [0.15, 0.2) is 23.8 Å². The SMILES string of the molecule is CCn1cnnc1CNC(=O)N[C@@H](c1cccs1)C1CCCC1. The Hall–Kier alpha value is -1.89. The Morgan fingerprint density at radius 1 is 1.48 bits per heavy atom. The van der Waals surface area contributed by atoms with E-state index >= 15 is 0 Å². The summed E-state index contributed by atoms with van der Waals surface area (Å²) >= 11 is 1.71. The zero-order valence-electron chi connectivity index (χ0n) is 13.4. The maximum Gasteiger partial charge on any atom is 0.315 e. The fourth-order valence-electron chi connectivity index (χ4n) is 3.21. The summed E-state index contributed by atoms with van der Waals surface area (Å²) < 4.78 is 1.92. The minimum Gasteiger partial charge on any atom is -0.331 e. The van der Waals surface area contributed by atoms with Crippen molar-refractivity contribution in [1.29, 1.82) is 0 Å². The van der Waals surface area contributed by atoms with Gasteiger partial charge in [-0.2, -0.15) is 0 Å². The van der Waals surface area contributed by atoms with Crippen LogP contribution in [0.5, 0.6) is 0 Å². The Kier molecular flexibility index (Phi) is 5.27. The van der Waals surface area contributed by atoms with Crippen LogP contribution in [0.1, 0.15) is 49.4 Å². The average Bonchev–Trinajstić information content (AvgIpc) is 3.33. The van der Waals surface area contributed by atoms with Gasteiger partial charge in [0.1, 0.15) is 6.33 Å². The maximum atomic E-state index is 12.3. The third kappa shape index (κ3) is 3.90. The summed E-state index contributed by atoms with van der Waals surface area (Å²) in [5, 5.41) is 16.1. The zero-order chi connectivity index (χ0) is 16.1. The second-order valence-corrected chi connectivity index (χ2v) is 6.88. The van der Waals surface area contributed by atoms with Gasteiger partial charge >= 0.3 is 6.03 Å². The smallest absolute Gasteiger partial charge is 0.315 e. The number of hydrogen-bond acceptors (Lipinski definition) is 4. The van der Waals surface area contributed by atoms with Crippen LogP contribution in [0.3, 0.4) is 0 Å². The first-order valence-corrected chi connectivity index (χ1v) is 9.10. The number of thiophene rings is 1. The van der Waals surface area contributed by atoms with Crippen molar-refractivity contribution in [1.82, 2.24) is 25.4 Å². The van der Waals surface area contributed by atoms with E-state index in [1.54, 1.807) is 17.7 Å². The van der Waals surface area contributed by atoms with Crippen LogP contribution in [-0.4, -0.2) is 20.8 Å². The second-order valence-electron chi connectivity index (χ2n) is 5.90. The van der Waals surface area contributed by atoms with Gasteiger partial charge in [-0.05, 0) is 37.1 Å². The van der Waals surface area contributed by atoms with Crippen molar-refractivity contribution in [3.63, 3.8) is 0 Å². The Balaban J connectivity index is 1.59. The van der Waals surface area contributed by atoms with Gasteiger partial charge in [0.15, 0.2) is 5.82 Å². The van der Waals surface area contributed by atoms with E-state index in [4.69, 9.17) is 0 Å². The van der Waals surface area contributed by atoms with E-state index in [9.17, 15) is 4.79 Å². The van der Waals surface area contributed by atoms with Crippen LogP contribution < -0.4 is 10.6 Å². The molecule has 1 atom stereocenters. The predicted octanol–water partition coefficient (Wildman–Crippen LogP) is 3.09. The lowest BCUT2D eigenvalue weighted by atomic mass is 9.97. The fourth-order valence-corrected chi connectivity index (χ4v) is 4.08. The first-order valence-electron chi connectivity index (χ1n) is 8.22. The molecule has 2 heterocycles. The molecule has 7 heteroatoms. The van der Waals surface area contributed by atoms with Gasteiger partial charge in [-0.3, -0.25) is 0 Å². The van der Waals surface area contributed by atoms with Crippen molar-refractivity contribution in [3.8, 4) is 0 Å². The summed E-state index contributed by atoms with van der Waals surface area (Å²) in [4.78, 5) is 13.6. The highest BCUT2D eigenvalue weighted by Crippen LogP contribution is 2.37. The van der Waals surface area contributed by atoms with E-state index in [-0.39, 0.29) is 12.1 Å². The molecule has 2 aromatic rings. The number of carbonyl (C=O) groups excluding carboxylic acids is 1. The fraction of sp³-hybridized carbons (Fsp3) is 0.562. The lowest BCUT2D eigenvalue weighted by Gasteiger charge is -2.24. The van der Waals surface area contributed by atoms with Gasteiger partial charge in [-0.15, -0.1) is 21.5 Å². The molecule has 0 spiro atoms. The molecule has 23 heavy (non-hydrogen) atoms. The number of hydrogen-bond donors (Lipinski definition) is 2. The zero-order valence-corrected chi connectivity index (χ0v) is 14.2.